The van der Waals surface area contributed by atoms with Crippen LogP contribution >= 0.6 is 11.5 Å². The lowest BCUT2D eigenvalue weighted by molar-refractivity contribution is -0.119. The molecular weight excluding hydrogens is 250 g/mol. The van der Waals surface area contributed by atoms with Crippen molar-refractivity contribution in [3.05, 3.63) is 5.69 Å². The monoisotopic (exact) mass is 271 g/mol. The molecule has 0 aliphatic carbocycles. The Morgan fingerprint density at radius 3 is 2.89 bits per heavy atom. The number of nitrogens with two attached hydrogens (primary N) is 1. The van der Waals surface area contributed by atoms with E-state index in [9.17, 15) is 4.79 Å². The van der Waals surface area contributed by atoms with Gasteiger partial charge in [-0.15, -0.1) is 5.10 Å². The van der Waals surface area contributed by atoms with Crippen LogP contribution in [0.2, 0.25) is 0 Å². The third-order valence-electron chi connectivity index (χ3n) is 2.47. The van der Waals surface area contributed by atoms with Crippen molar-refractivity contribution in [1.29, 1.82) is 0 Å². The highest BCUT2D eigenvalue weighted by molar-refractivity contribution is 7.10. The van der Waals surface area contributed by atoms with E-state index in [1.807, 2.05) is 11.8 Å². The van der Waals surface area contributed by atoms with Crippen LogP contribution in [0.3, 0.4) is 0 Å². The van der Waals surface area contributed by atoms with Gasteiger partial charge in [0.05, 0.1) is 6.54 Å². The fourth-order valence-corrected chi connectivity index (χ4v) is 2.28. The molecule has 18 heavy (non-hydrogen) atoms. The molecule has 1 aromatic heterocycles. The largest absolute Gasteiger partial charge is 0.374 e. The van der Waals surface area contributed by atoms with Crippen molar-refractivity contribution in [2.75, 3.05) is 25.0 Å². The zero-order chi connectivity index (χ0) is 13.4. The molecule has 0 radical (unpaired) electrons. The van der Waals surface area contributed by atoms with E-state index in [0.29, 0.717) is 6.54 Å². The summed E-state index contributed by atoms with van der Waals surface area (Å²) in [6, 6.07) is 0. The second kappa shape index (κ2) is 7.99. The number of aromatic nitrogens is 2. The predicted molar refractivity (Wildman–Crippen MR) is 73.5 cm³/mol. The molecule has 6 nitrogen and oxygen atoms in total. The van der Waals surface area contributed by atoms with Crippen LogP contribution < -0.4 is 11.1 Å². The number of hydrogen-bond donors (Lipinski definition) is 2. The van der Waals surface area contributed by atoms with Gasteiger partial charge in [-0.3, -0.25) is 9.69 Å². The first-order valence-electron chi connectivity index (χ1n) is 6.23. The minimum Gasteiger partial charge on any atom is -0.374 e. The zero-order valence-electron chi connectivity index (χ0n) is 11.0. The van der Waals surface area contributed by atoms with Gasteiger partial charge in [-0.2, -0.15) is 0 Å². The quantitative estimate of drug-likeness (QED) is 0.701. The number of unbranched alkanes of at least 4 members (excludes halogenated alkanes) is 1. The van der Waals surface area contributed by atoms with Gasteiger partial charge < -0.3 is 11.1 Å². The third-order valence-corrected chi connectivity index (χ3v) is 3.20. The minimum absolute atomic E-state index is 0.267. The molecule has 1 rings (SSSR count). The van der Waals surface area contributed by atoms with Crippen LogP contribution in [0.5, 0.6) is 0 Å². The molecule has 0 aliphatic heterocycles. The molecule has 102 valence electrons. The van der Waals surface area contributed by atoms with E-state index in [4.69, 9.17) is 5.73 Å². The third kappa shape index (κ3) is 4.97. The van der Waals surface area contributed by atoms with Gasteiger partial charge in [0.25, 0.3) is 0 Å². The molecule has 0 saturated heterocycles. The molecule has 0 aromatic carbocycles. The van der Waals surface area contributed by atoms with Crippen LogP contribution in [0.25, 0.3) is 0 Å². The first-order valence-corrected chi connectivity index (χ1v) is 7.00. The molecular formula is C11H21N5OS. The fourth-order valence-electron chi connectivity index (χ4n) is 1.63. The number of carbonyl (C=O) groups excluding carboxylic acids is 1. The normalized spacial score (nSPS) is 10.8. The highest BCUT2D eigenvalue weighted by Gasteiger charge is 2.14. The van der Waals surface area contributed by atoms with E-state index in [-0.39, 0.29) is 12.5 Å². The second-order valence-corrected chi connectivity index (χ2v) is 4.86. The summed E-state index contributed by atoms with van der Waals surface area (Å²) in [6.45, 7) is 6.72. The van der Waals surface area contributed by atoms with Crippen LogP contribution in [-0.4, -0.2) is 40.0 Å². The Morgan fingerprint density at radius 2 is 2.28 bits per heavy atom. The van der Waals surface area contributed by atoms with Crippen LogP contribution in [0, 0.1) is 0 Å². The predicted octanol–water partition coefficient (Wildman–Crippen LogP) is 1.06. The Labute approximate surface area is 112 Å². The summed E-state index contributed by atoms with van der Waals surface area (Å²) < 4.78 is 3.94. The summed E-state index contributed by atoms with van der Waals surface area (Å²) in [5.74, 6) is -0.306. The maximum Gasteiger partial charge on any atom is 0.231 e. The Bertz CT molecular complexity index is 368. The van der Waals surface area contributed by atoms with Crippen molar-refractivity contribution in [2.45, 2.75) is 33.2 Å². The van der Waals surface area contributed by atoms with E-state index in [0.717, 1.165) is 36.6 Å². The highest BCUT2D eigenvalue weighted by atomic mass is 32.1. The van der Waals surface area contributed by atoms with Crippen molar-refractivity contribution in [3.63, 3.8) is 0 Å². The number of nitrogens with zero attached hydrogens (tertiary/aromatic N) is 3. The van der Waals surface area contributed by atoms with E-state index in [1.165, 1.54) is 11.5 Å². The van der Waals surface area contributed by atoms with Crippen molar-refractivity contribution >= 4 is 22.4 Å². The molecule has 0 aliphatic rings. The Hall–Kier alpha value is -1.21. The molecule has 0 bridgehead atoms. The average molecular weight is 271 g/mol. The molecule has 1 aromatic rings. The summed E-state index contributed by atoms with van der Waals surface area (Å²) in [6.07, 6.45) is 2.13. The molecule has 0 spiro atoms. The smallest absolute Gasteiger partial charge is 0.231 e. The maximum absolute atomic E-state index is 11.0. The van der Waals surface area contributed by atoms with Crippen molar-refractivity contribution in [2.24, 2.45) is 5.73 Å². The average Bonchev–Trinajstić information content (AvgIpc) is 2.73. The summed E-state index contributed by atoms with van der Waals surface area (Å²) in [4.78, 5) is 13.1. The first-order chi connectivity index (χ1) is 8.67. The van der Waals surface area contributed by atoms with Gasteiger partial charge >= 0.3 is 0 Å². The van der Waals surface area contributed by atoms with E-state index < -0.39 is 0 Å². The Kier molecular flexibility index (Phi) is 6.59. The van der Waals surface area contributed by atoms with Crippen molar-refractivity contribution in [1.82, 2.24) is 14.5 Å². The summed E-state index contributed by atoms with van der Waals surface area (Å²) in [5.41, 5.74) is 6.15. The number of amides is 1. The molecule has 1 amide bonds. The van der Waals surface area contributed by atoms with Crippen LogP contribution in [-0.2, 0) is 11.3 Å². The molecule has 0 atom stereocenters. The maximum atomic E-state index is 11.0. The number of anilines is 1. The van der Waals surface area contributed by atoms with Gasteiger partial charge in [-0.1, -0.05) is 17.8 Å². The van der Waals surface area contributed by atoms with Crippen molar-refractivity contribution in [3.8, 4) is 0 Å². The van der Waals surface area contributed by atoms with Crippen LogP contribution in [0.15, 0.2) is 0 Å². The number of hydrogen-bond acceptors (Lipinski definition) is 6. The number of rotatable bonds is 9. The molecule has 0 unspecified atom stereocenters. The van der Waals surface area contributed by atoms with Gasteiger partial charge in [0.1, 0.15) is 10.7 Å². The minimum atomic E-state index is -0.306. The molecule has 0 fully saturated rings. The molecule has 0 saturated carbocycles. The van der Waals surface area contributed by atoms with Gasteiger partial charge in [0.2, 0.25) is 5.91 Å². The highest BCUT2D eigenvalue weighted by Crippen LogP contribution is 2.19. The lowest BCUT2D eigenvalue weighted by Gasteiger charge is -2.19. The number of primary amides is 1. The second-order valence-electron chi connectivity index (χ2n) is 4.11. The van der Waals surface area contributed by atoms with Crippen molar-refractivity contribution < 1.29 is 4.79 Å². The van der Waals surface area contributed by atoms with Gasteiger partial charge in [0.15, 0.2) is 0 Å². The van der Waals surface area contributed by atoms with E-state index in [1.54, 1.807) is 0 Å². The SMILES string of the molecule is CCCCN(CC(N)=O)Cc1nnsc1NCC. The molecule has 7 heteroatoms. The standard InChI is InChI=1S/C11H21N5OS/c1-3-5-6-16(8-10(12)17)7-9-11(13-4-2)18-15-14-9/h13H,3-8H2,1-2H3,(H2,12,17). The Morgan fingerprint density at radius 1 is 1.50 bits per heavy atom. The van der Waals surface area contributed by atoms with Crippen LogP contribution in [0.1, 0.15) is 32.4 Å². The molecule has 3 N–H and O–H groups in total. The lowest BCUT2D eigenvalue weighted by Crippen LogP contribution is -2.34. The van der Waals surface area contributed by atoms with Gasteiger partial charge in [-0.05, 0) is 19.9 Å². The van der Waals surface area contributed by atoms with Gasteiger partial charge in [0, 0.05) is 24.6 Å². The van der Waals surface area contributed by atoms with E-state index in [2.05, 4.69) is 21.8 Å². The Balaban J connectivity index is 2.62. The zero-order valence-corrected chi connectivity index (χ0v) is 11.8. The fraction of sp³-hybridized carbons (Fsp3) is 0.727. The topological polar surface area (TPSA) is 84.1 Å². The number of carbonyl (C=O) groups is 1. The summed E-state index contributed by atoms with van der Waals surface area (Å²) >= 11 is 1.34. The number of nitrogens with one attached hydrogen (secondary N) is 1. The van der Waals surface area contributed by atoms with Gasteiger partial charge in [-0.25, -0.2) is 0 Å². The lowest BCUT2D eigenvalue weighted by atomic mass is 10.3. The molecule has 1 heterocycles. The first kappa shape index (κ1) is 14.8. The summed E-state index contributed by atoms with van der Waals surface area (Å²) in [7, 11) is 0. The van der Waals surface area contributed by atoms with Crippen LogP contribution in [0.4, 0.5) is 5.00 Å². The summed E-state index contributed by atoms with van der Waals surface area (Å²) in [5, 5.41) is 8.30. The van der Waals surface area contributed by atoms with E-state index >= 15 is 0 Å².